The number of rotatable bonds is 3. The fraction of sp³-hybridized carbons (Fsp3) is 0.176. The lowest BCUT2D eigenvalue weighted by molar-refractivity contribution is -0.274. The topological polar surface area (TPSA) is 76.7 Å². The lowest BCUT2D eigenvalue weighted by atomic mass is 10.0. The number of anilines is 2. The molecule has 1 aliphatic rings. The summed E-state index contributed by atoms with van der Waals surface area (Å²) in [5.74, 6) is -1.70. The van der Waals surface area contributed by atoms with Gasteiger partial charge in [-0.3, -0.25) is 9.59 Å². The van der Waals surface area contributed by atoms with E-state index in [1.54, 1.807) is 0 Å². The third-order valence-corrected chi connectivity index (χ3v) is 3.95. The second kappa shape index (κ2) is 6.66. The number of carbonyl (C=O) groups excluding carboxylic acids is 2. The summed E-state index contributed by atoms with van der Waals surface area (Å²) in [7, 11) is 0. The summed E-state index contributed by atoms with van der Waals surface area (Å²) in [5, 5.41) is 5.35. The average Bonchev–Trinajstić information content (AvgIpc) is 2.57. The Labute approximate surface area is 156 Å². The van der Waals surface area contributed by atoms with E-state index in [-0.39, 0.29) is 11.4 Å². The van der Waals surface area contributed by atoms with Crippen LogP contribution in [0.15, 0.2) is 42.5 Å². The molecule has 0 aromatic heterocycles. The Morgan fingerprint density at radius 3 is 2.52 bits per heavy atom. The van der Waals surface area contributed by atoms with Crippen LogP contribution in [0.4, 0.5) is 24.5 Å². The van der Waals surface area contributed by atoms with E-state index in [4.69, 9.17) is 16.3 Å². The minimum Gasteiger partial charge on any atom is -0.466 e. The molecule has 0 bridgehead atoms. The minimum absolute atomic E-state index is 0.161. The number of fused-ring (bicyclic) bond motifs is 1. The quantitative estimate of drug-likeness (QED) is 0.764. The van der Waals surface area contributed by atoms with Gasteiger partial charge in [0.25, 0.3) is 17.4 Å². The van der Waals surface area contributed by atoms with Gasteiger partial charge in [-0.25, -0.2) is 0 Å². The van der Waals surface area contributed by atoms with Crippen LogP contribution in [-0.4, -0.2) is 23.8 Å². The molecule has 0 fully saturated rings. The molecule has 0 spiro atoms. The van der Waals surface area contributed by atoms with Crippen LogP contribution in [0.5, 0.6) is 11.5 Å². The van der Waals surface area contributed by atoms with Gasteiger partial charge in [-0.15, -0.1) is 13.2 Å². The van der Waals surface area contributed by atoms with Crippen molar-refractivity contribution >= 4 is 34.8 Å². The number of halogens is 4. The zero-order valence-corrected chi connectivity index (χ0v) is 14.4. The van der Waals surface area contributed by atoms with Gasteiger partial charge in [0, 0.05) is 10.7 Å². The van der Waals surface area contributed by atoms with Crippen molar-refractivity contribution in [1.82, 2.24) is 0 Å². The highest BCUT2D eigenvalue weighted by molar-refractivity contribution is 6.31. The summed E-state index contributed by atoms with van der Waals surface area (Å²) in [5.41, 5.74) is -1.40. The van der Waals surface area contributed by atoms with Gasteiger partial charge in [0.2, 0.25) is 0 Å². The van der Waals surface area contributed by atoms with Crippen LogP contribution in [-0.2, 0) is 9.59 Å². The van der Waals surface area contributed by atoms with Gasteiger partial charge in [0.1, 0.15) is 11.5 Å². The summed E-state index contributed by atoms with van der Waals surface area (Å²) in [6, 6.07) is 9.00. The highest BCUT2D eigenvalue weighted by Crippen LogP contribution is 2.36. The second-order valence-electron chi connectivity index (χ2n) is 5.76. The smallest absolute Gasteiger partial charge is 0.466 e. The van der Waals surface area contributed by atoms with Gasteiger partial charge in [-0.2, -0.15) is 0 Å². The van der Waals surface area contributed by atoms with Crippen molar-refractivity contribution in [3.05, 3.63) is 47.5 Å². The average molecular weight is 401 g/mol. The van der Waals surface area contributed by atoms with Crippen LogP contribution < -0.4 is 20.1 Å². The van der Waals surface area contributed by atoms with Crippen LogP contribution in [0.2, 0.25) is 5.02 Å². The van der Waals surface area contributed by atoms with Crippen LogP contribution in [0.25, 0.3) is 0 Å². The number of carbonyl (C=O) groups is 2. The highest BCUT2D eigenvalue weighted by atomic mass is 35.5. The maximum atomic E-state index is 12.6. The van der Waals surface area contributed by atoms with Crippen molar-refractivity contribution in [3.63, 3.8) is 0 Å². The molecular weight excluding hydrogens is 389 g/mol. The molecule has 10 heteroatoms. The van der Waals surface area contributed by atoms with E-state index in [0.717, 1.165) is 12.1 Å². The third kappa shape index (κ3) is 4.08. The summed E-state index contributed by atoms with van der Waals surface area (Å²) >= 11 is 5.85. The first-order valence-corrected chi connectivity index (χ1v) is 7.92. The molecule has 1 atom stereocenters. The monoisotopic (exact) mass is 400 g/mol. The largest absolute Gasteiger partial charge is 0.573 e. The summed E-state index contributed by atoms with van der Waals surface area (Å²) in [6.45, 7) is 1.27. The van der Waals surface area contributed by atoms with Crippen LogP contribution in [0, 0.1) is 0 Å². The van der Waals surface area contributed by atoms with E-state index in [1.807, 2.05) is 0 Å². The van der Waals surface area contributed by atoms with E-state index < -0.39 is 29.5 Å². The Kier molecular flexibility index (Phi) is 4.64. The molecule has 0 saturated carbocycles. The zero-order chi connectivity index (χ0) is 19.8. The molecular formula is C17H12ClF3N2O4. The molecule has 0 saturated heterocycles. The SMILES string of the molecule is CC1(C(=O)Nc2ccc(OC(F)(F)F)cc2)Oc2ccc(Cl)cc2NC1=O. The Bertz CT molecular complexity index is 902. The summed E-state index contributed by atoms with van der Waals surface area (Å²) < 4.78 is 45.8. The molecule has 1 unspecified atom stereocenters. The zero-order valence-electron chi connectivity index (χ0n) is 13.7. The number of hydrogen-bond donors (Lipinski definition) is 2. The molecule has 2 amide bonds. The molecule has 142 valence electrons. The Morgan fingerprint density at radius 2 is 1.89 bits per heavy atom. The molecule has 2 aromatic carbocycles. The van der Waals surface area contributed by atoms with E-state index in [9.17, 15) is 22.8 Å². The van der Waals surface area contributed by atoms with Gasteiger partial charge in [0.15, 0.2) is 0 Å². The van der Waals surface area contributed by atoms with Crippen molar-refractivity contribution in [2.45, 2.75) is 18.9 Å². The van der Waals surface area contributed by atoms with Crippen LogP contribution >= 0.6 is 11.6 Å². The molecule has 27 heavy (non-hydrogen) atoms. The number of nitrogens with one attached hydrogen (secondary N) is 2. The molecule has 2 aromatic rings. The fourth-order valence-electron chi connectivity index (χ4n) is 2.34. The van der Waals surface area contributed by atoms with Crippen molar-refractivity contribution in [2.75, 3.05) is 10.6 Å². The molecule has 3 rings (SSSR count). The number of amides is 2. The van der Waals surface area contributed by atoms with Crippen molar-refractivity contribution in [3.8, 4) is 11.5 Å². The normalized spacial score (nSPS) is 18.8. The van der Waals surface area contributed by atoms with Crippen molar-refractivity contribution in [2.24, 2.45) is 0 Å². The van der Waals surface area contributed by atoms with E-state index in [0.29, 0.717) is 10.7 Å². The van der Waals surface area contributed by atoms with E-state index in [1.165, 1.54) is 37.3 Å². The second-order valence-corrected chi connectivity index (χ2v) is 6.19. The molecule has 0 aliphatic carbocycles. The first kappa shape index (κ1) is 18.8. The maximum absolute atomic E-state index is 12.6. The van der Waals surface area contributed by atoms with Crippen LogP contribution in [0.3, 0.4) is 0 Å². The Morgan fingerprint density at radius 1 is 1.22 bits per heavy atom. The number of ether oxygens (including phenoxy) is 2. The first-order chi connectivity index (χ1) is 12.6. The molecule has 1 heterocycles. The summed E-state index contributed by atoms with van der Waals surface area (Å²) in [6.07, 6.45) is -4.82. The van der Waals surface area contributed by atoms with Gasteiger partial charge in [-0.05, 0) is 49.4 Å². The molecule has 0 radical (unpaired) electrons. The van der Waals surface area contributed by atoms with Crippen molar-refractivity contribution < 1.29 is 32.2 Å². The van der Waals surface area contributed by atoms with Crippen molar-refractivity contribution in [1.29, 1.82) is 0 Å². The Balaban J connectivity index is 1.75. The van der Waals surface area contributed by atoms with E-state index >= 15 is 0 Å². The van der Waals surface area contributed by atoms with Gasteiger partial charge in [0.05, 0.1) is 5.69 Å². The number of alkyl halides is 3. The third-order valence-electron chi connectivity index (χ3n) is 3.72. The number of hydrogen-bond acceptors (Lipinski definition) is 4. The molecule has 1 aliphatic heterocycles. The molecule has 2 N–H and O–H groups in total. The number of benzene rings is 2. The van der Waals surface area contributed by atoms with E-state index in [2.05, 4.69) is 15.4 Å². The Hall–Kier alpha value is -2.94. The predicted octanol–water partition coefficient (Wildman–Crippen LogP) is 3.97. The first-order valence-electron chi connectivity index (χ1n) is 7.54. The predicted molar refractivity (Wildman–Crippen MR) is 90.9 cm³/mol. The summed E-state index contributed by atoms with van der Waals surface area (Å²) in [4.78, 5) is 24.9. The lowest BCUT2D eigenvalue weighted by Crippen LogP contribution is -2.56. The minimum atomic E-state index is -4.82. The van der Waals surface area contributed by atoms with Crippen LogP contribution in [0.1, 0.15) is 6.92 Å². The fourth-order valence-corrected chi connectivity index (χ4v) is 2.51. The maximum Gasteiger partial charge on any atom is 0.573 e. The van der Waals surface area contributed by atoms with Gasteiger partial charge >= 0.3 is 6.36 Å². The van der Waals surface area contributed by atoms with Gasteiger partial charge < -0.3 is 20.1 Å². The van der Waals surface area contributed by atoms with Gasteiger partial charge in [-0.1, -0.05) is 11.6 Å². The molecule has 6 nitrogen and oxygen atoms in total. The lowest BCUT2D eigenvalue weighted by Gasteiger charge is -2.33. The highest BCUT2D eigenvalue weighted by Gasteiger charge is 2.47. The standard InChI is InChI=1S/C17H12ClF3N2O4/c1-16(15(25)23-12-8-9(18)2-7-13(12)27-16)14(24)22-10-3-5-11(6-4-10)26-17(19,20)21/h2-8H,1H3,(H,22,24)(H,23,25).